The van der Waals surface area contributed by atoms with Gasteiger partial charge in [-0.3, -0.25) is 0 Å². The Kier molecular flexibility index (Phi) is 5.01. The number of ether oxygens (including phenoxy) is 1. The van der Waals surface area contributed by atoms with Gasteiger partial charge in [-0.05, 0) is 31.4 Å². The van der Waals surface area contributed by atoms with E-state index in [-0.39, 0.29) is 17.5 Å². The molecule has 0 aromatic heterocycles. The molecule has 1 fully saturated rings. The minimum absolute atomic E-state index is 0.00259. The molecule has 1 aliphatic rings. The van der Waals surface area contributed by atoms with Crippen molar-refractivity contribution >= 4 is 10.0 Å². The summed E-state index contributed by atoms with van der Waals surface area (Å²) in [5.74, 6) is 0.362. The Morgan fingerprint density at radius 3 is 2.80 bits per heavy atom. The zero-order valence-corrected chi connectivity index (χ0v) is 12.5. The summed E-state index contributed by atoms with van der Waals surface area (Å²) in [5, 5.41) is 9.13. The fraction of sp³-hybridized carbons (Fsp3) is 0.571. The highest BCUT2D eigenvalue weighted by Gasteiger charge is 2.34. The maximum absolute atomic E-state index is 12.8. The summed E-state index contributed by atoms with van der Waals surface area (Å²) in [4.78, 5) is 0.201. The fourth-order valence-corrected chi connectivity index (χ4v) is 4.57. The molecule has 0 saturated carbocycles. The van der Waals surface area contributed by atoms with E-state index in [0.717, 1.165) is 19.3 Å². The lowest BCUT2D eigenvalue weighted by Gasteiger charge is -2.34. The van der Waals surface area contributed by atoms with Crippen molar-refractivity contribution < 1.29 is 18.3 Å². The minimum Gasteiger partial charge on any atom is -0.495 e. The van der Waals surface area contributed by atoms with Gasteiger partial charge in [0.15, 0.2) is 0 Å². The number of sulfonamides is 1. The van der Waals surface area contributed by atoms with Gasteiger partial charge in [-0.1, -0.05) is 18.6 Å². The Hall–Kier alpha value is -1.11. The second-order valence-corrected chi connectivity index (χ2v) is 6.79. The van der Waals surface area contributed by atoms with Crippen molar-refractivity contribution in [3.63, 3.8) is 0 Å². The Bertz CT molecular complexity index is 542. The molecule has 1 atom stereocenters. The number of hydrogen-bond donors (Lipinski definition) is 1. The van der Waals surface area contributed by atoms with E-state index in [1.807, 2.05) is 0 Å². The normalized spacial score (nSPS) is 20.8. The Balaban J connectivity index is 2.37. The van der Waals surface area contributed by atoms with Gasteiger partial charge < -0.3 is 9.84 Å². The van der Waals surface area contributed by atoms with Gasteiger partial charge in [0.2, 0.25) is 10.0 Å². The van der Waals surface area contributed by atoms with Crippen LogP contribution in [0.4, 0.5) is 0 Å². The van der Waals surface area contributed by atoms with Crippen LogP contribution in [0.3, 0.4) is 0 Å². The van der Waals surface area contributed by atoms with Gasteiger partial charge in [-0.15, -0.1) is 0 Å². The fourth-order valence-electron chi connectivity index (χ4n) is 2.69. The topological polar surface area (TPSA) is 66.8 Å². The zero-order chi connectivity index (χ0) is 14.6. The van der Waals surface area contributed by atoms with Crippen LogP contribution in [0, 0.1) is 0 Å². The van der Waals surface area contributed by atoms with E-state index in [1.165, 1.54) is 11.4 Å². The van der Waals surface area contributed by atoms with Crippen LogP contribution in [-0.4, -0.2) is 44.1 Å². The van der Waals surface area contributed by atoms with Gasteiger partial charge in [0.25, 0.3) is 0 Å². The number of rotatable bonds is 5. The molecule has 112 valence electrons. The third kappa shape index (κ3) is 2.97. The van der Waals surface area contributed by atoms with Gasteiger partial charge in [0, 0.05) is 19.2 Å². The number of aliphatic hydroxyl groups is 1. The molecular formula is C14H21NO4S. The summed E-state index contributed by atoms with van der Waals surface area (Å²) >= 11 is 0. The molecule has 0 bridgehead atoms. The van der Waals surface area contributed by atoms with Crippen LogP contribution >= 0.6 is 0 Å². The first kappa shape index (κ1) is 15.3. The van der Waals surface area contributed by atoms with E-state index in [2.05, 4.69) is 0 Å². The lowest BCUT2D eigenvalue weighted by atomic mass is 10.0. The summed E-state index contributed by atoms with van der Waals surface area (Å²) in [6.07, 6.45) is 3.14. The van der Waals surface area contributed by atoms with Gasteiger partial charge in [0.1, 0.15) is 10.6 Å². The average Bonchev–Trinajstić information content (AvgIpc) is 2.48. The highest BCUT2D eigenvalue weighted by atomic mass is 32.2. The standard InChI is InChI=1S/C14H21NO4S/c1-19-13-7-2-3-8-14(13)20(17,18)15-10-5-4-6-12(15)9-11-16/h2-3,7-8,12,16H,4-6,9-11H2,1H3. The van der Waals surface area contributed by atoms with Crippen LogP contribution < -0.4 is 4.74 Å². The lowest BCUT2D eigenvalue weighted by molar-refractivity contribution is 0.192. The number of aliphatic hydroxyl groups excluding tert-OH is 1. The monoisotopic (exact) mass is 299 g/mol. The maximum Gasteiger partial charge on any atom is 0.247 e. The second-order valence-electron chi connectivity index (χ2n) is 4.93. The van der Waals surface area contributed by atoms with Gasteiger partial charge in [0.05, 0.1) is 7.11 Å². The predicted octanol–water partition coefficient (Wildman–Crippen LogP) is 1.62. The number of para-hydroxylation sites is 1. The molecule has 1 aromatic carbocycles. The van der Waals surface area contributed by atoms with E-state index in [1.54, 1.807) is 24.3 Å². The lowest BCUT2D eigenvalue weighted by Crippen LogP contribution is -2.44. The Morgan fingerprint density at radius 2 is 2.10 bits per heavy atom. The number of nitrogens with zero attached hydrogens (tertiary/aromatic N) is 1. The van der Waals surface area contributed by atoms with E-state index in [0.29, 0.717) is 18.7 Å². The molecule has 0 radical (unpaired) electrons. The molecule has 1 saturated heterocycles. The number of benzene rings is 1. The maximum atomic E-state index is 12.8. The van der Waals surface area contributed by atoms with Gasteiger partial charge >= 0.3 is 0 Å². The molecule has 1 aromatic rings. The van der Waals surface area contributed by atoms with Crippen LogP contribution in [0.5, 0.6) is 5.75 Å². The van der Waals surface area contributed by atoms with Crippen LogP contribution in [0.1, 0.15) is 25.7 Å². The first-order chi connectivity index (χ1) is 9.61. The molecule has 0 aliphatic carbocycles. The first-order valence-corrected chi connectivity index (χ1v) is 8.31. The summed E-state index contributed by atoms with van der Waals surface area (Å²) in [6.45, 7) is 0.508. The smallest absolute Gasteiger partial charge is 0.247 e. The van der Waals surface area contributed by atoms with Gasteiger partial charge in [-0.25, -0.2) is 8.42 Å². The number of hydrogen-bond acceptors (Lipinski definition) is 4. The quantitative estimate of drug-likeness (QED) is 0.897. The molecule has 6 heteroatoms. The molecular weight excluding hydrogens is 278 g/mol. The summed E-state index contributed by atoms with van der Waals surface area (Å²) in [6, 6.07) is 6.54. The van der Waals surface area contributed by atoms with Crippen LogP contribution in [0.25, 0.3) is 0 Å². The van der Waals surface area contributed by atoms with Gasteiger partial charge in [-0.2, -0.15) is 4.31 Å². The largest absolute Gasteiger partial charge is 0.495 e. The molecule has 1 heterocycles. The van der Waals surface area contributed by atoms with Crippen molar-refractivity contribution in [1.82, 2.24) is 4.31 Å². The van der Waals surface area contributed by atoms with E-state index < -0.39 is 10.0 Å². The molecule has 1 N–H and O–H groups in total. The zero-order valence-electron chi connectivity index (χ0n) is 11.7. The van der Waals surface area contributed by atoms with Crippen molar-refractivity contribution in [3.05, 3.63) is 24.3 Å². The molecule has 0 spiro atoms. The summed E-state index contributed by atoms with van der Waals surface area (Å²) in [5.41, 5.74) is 0. The van der Waals surface area contributed by atoms with Crippen LogP contribution in [0.2, 0.25) is 0 Å². The van der Waals surface area contributed by atoms with E-state index in [9.17, 15) is 8.42 Å². The number of methoxy groups -OCH3 is 1. The second kappa shape index (κ2) is 6.56. The molecule has 5 nitrogen and oxygen atoms in total. The molecule has 2 rings (SSSR count). The van der Waals surface area contributed by atoms with Crippen molar-refractivity contribution in [2.75, 3.05) is 20.3 Å². The van der Waals surface area contributed by atoms with E-state index in [4.69, 9.17) is 9.84 Å². The third-order valence-corrected chi connectivity index (χ3v) is 5.68. The summed E-state index contributed by atoms with van der Waals surface area (Å²) in [7, 11) is -2.11. The molecule has 20 heavy (non-hydrogen) atoms. The molecule has 1 unspecified atom stereocenters. The van der Waals surface area contributed by atoms with Crippen molar-refractivity contribution in [1.29, 1.82) is 0 Å². The SMILES string of the molecule is COc1ccccc1S(=O)(=O)N1CCCCC1CCO. The molecule has 0 amide bonds. The third-order valence-electron chi connectivity index (χ3n) is 3.69. The van der Waals surface area contributed by atoms with Crippen LogP contribution in [-0.2, 0) is 10.0 Å². The average molecular weight is 299 g/mol. The first-order valence-electron chi connectivity index (χ1n) is 6.87. The van der Waals surface area contributed by atoms with E-state index >= 15 is 0 Å². The Labute approximate surface area is 120 Å². The van der Waals surface area contributed by atoms with Crippen LogP contribution in [0.15, 0.2) is 29.2 Å². The highest BCUT2D eigenvalue weighted by Crippen LogP contribution is 2.31. The minimum atomic E-state index is -3.58. The molecule has 1 aliphatic heterocycles. The summed E-state index contributed by atoms with van der Waals surface area (Å²) < 4.78 is 32.3. The number of piperidine rings is 1. The van der Waals surface area contributed by atoms with Crippen molar-refractivity contribution in [2.45, 2.75) is 36.6 Å². The highest BCUT2D eigenvalue weighted by molar-refractivity contribution is 7.89. The predicted molar refractivity (Wildman–Crippen MR) is 76.2 cm³/mol. The Morgan fingerprint density at radius 1 is 1.35 bits per heavy atom. The van der Waals surface area contributed by atoms with Crippen molar-refractivity contribution in [3.8, 4) is 5.75 Å². The van der Waals surface area contributed by atoms with Crippen molar-refractivity contribution in [2.24, 2.45) is 0 Å².